The Balaban J connectivity index is 1.79. The van der Waals surface area contributed by atoms with E-state index in [0.717, 1.165) is 38.6 Å². The van der Waals surface area contributed by atoms with Gasteiger partial charge in [0.1, 0.15) is 5.82 Å². The Hall–Kier alpha value is -1.13. The molecule has 116 valence electrons. The normalized spacial score (nSPS) is 30.9. The summed E-state index contributed by atoms with van der Waals surface area (Å²) in [5.74, 6) is -0.0366. The van der Waals surface area contributed by atoms with Crippen LogP contribution >= 0.6 is 0 Å². The number of benzene rings is 1. The summed E-state index contributed by atoms with van der Waals surface area (Å²) in [5.41, 5.74) is 0.652. The van der Waals surface area contributed by atoms with Crippen LogP contribution in [-0.4, -0.2) is 28.9 Å². The van der Waals surface area contributed by atoms with Crippen LogP contribution in [0.15, 0.2) is 18.2 Å². The number of aliphatic hydroxyl groups is 2. The Bertz CT molecular complexity index is 520. The molecular formula is C17H24FNO2. The molecule has 0 spiro atoms. The van der Waals surface area contributed by atoms with Crippen LogP contribution in [-0.2, 0) is 0 Å². The second-order valence-corrected chi connectivity index (χ2v) is 6.63. The van der Waals surface area contributed by atoms with E-state index in [4.69, 9.17) is 0 Å². The molecule has 0 amide bonds. The zero-order valence-electron chi connectivity index (χ0n) is 12.6. The van der Waals surface area contributed by atoms with E-state index in [-0.39, 0.29) is 11.7 Å². The standard InChI is InChI=1S/C17H24FNO2/c1-12(20)13-5-6-16(15(18)10-13)19-9-8-17(21)7-3-2-4-14(17)11-19/h5-6,10,12,14,20-21H,2-4,7-9,11H2,1H3/t12-,14?,17?/m1/s1. The van der Waals surface area contributed by atoms with Gasteiger partial charge in [0.2, 0.25) is 0 Å². The first-order valence-corrected chi connectivity index (χ1v) is 7.94. The second kappa shape index (κ2) is 5.58. The third kappa shape index (κ3) is 2.79. The van der Waals surface area contributed by atoms with Gasteiger partial charge in [0, 0.05) is 19.0 Å². The quantitative estimate of drug-likeness (QED) is 0.881. The molecule has 1 aliphatic carbocycles. The first-order chi connectivity index (χ1) is 9.99. The van der Waals surface area contributed by atoms with Gasteiger partial charge in [-0.05, 0) is 43.9 Å². The molecule has 3 rings (SSSR count). The van der Waals surface area contributed by atoms with Crippen LogP contribution in [0.4, 0.5) is 10.1 Å². The highest BCUT2D eigenvalue weighted by molar-refractivity contribution is 5.50. The van der Waals surface area contributed by atoms with Gasteiger partial charge >= 0.3 is 0 Å². The van der Waals surface area contributed by atoms with Gasteiger partial charge in [0.05, 0.1) is 17.4 Å². The molecular weight excluding hydrogens is 269 g/mol. The third-order valence-electron chi connectivity index (χ3n) is 5.22. The second-order valence-electron chi connectivity index (χ2n) is 6.63. The summed E-state index contributed by atoms with van der Waals surface area (Å²) in [7, 11) is 0. The minimum absolute atomic E-state index is 0.246. The smallest absolute Gasteiger partial charge is 0.146 e. The van der Waals surface area contributed by atoms with Gasteiger partial charge in [-0.1, -0.05) is 18.9 Å². The van der Waals surface area contributed by atoms with Crippen molar-refractivity contribution in [3.05, 3.63) is 29.6 Å². The minimum Gasteiger partial charge on any atom is -0.389 e. The van der Waals surface area contributed by atoms with Gasteiger partial charge in [0.15, 0.2) is 0 Å². The van der Waals surface area contributed by atoms with Crippen LogP contribution in [0.2, 0.25) is 0 Å². The molecule has 1 saturated carbocycles. The number of hydrogen-bond donors (Lipinski definition) is 2. The average Bonchev–Trinajstić information content (AvgIpc) is 2.46. The molecule has 1 saturated heterocycles. The van der Waals surface area contributed by atoms with Crippen LogP contribution in [0, 0.1) is 11.7 Å². The van der Waals surface area contributed by atoms with E-state index in [1.807, 2.05) is 4.90 Å². The van der Waals surface area contributed by atoms with Crippen LogP contribution < -0.4 is 4.90 Å². The number of anilines is 1. The van der Waals surface area contributed by atoms with Gasteiger partial charge in [-0.3, -0.25) is 0 Å². The number of fused-ring (bicyclic) bond motifs is 1. The first-order valence-electron chi connectivity index (χ1n) is 7.94. The highest BCUT2D eigenvalue weighted by atomic mass is 19.1. The highest BCUT2D eigenvalue weighted by Crippen LogP contribution is 2.41. The molecule has 2 aliphatic rings. The molecule has 2 N–H and O–H groups in total. The lowest BCUT2D eigenvalue weighted by molar-refractivity contribution is -0.0613. The van der Waals surface area contributed by atoms with Gasteiger partial charge in [-0.15, -0.1) is 0 Å². The number of piperidine rings is 1. The van der Waals surface area contributed by atoms with E-state index in [0.29, 0.717) is 17.8 Å². The number of rotatable bonds is 2. The fourth-order valence-electron chi connectivity index (χ4n) is 3.83. The van der Waals surface area contributed by atoms with E-state index < -0.39 is 11.7 Å². The maximum atomic E-state index is 14.3. The zero-order chi connectivity index (χ0) is 15.0. The topological polar surface area (TPSA) is 43.7 Å². The number of halogens is 1. The van der Waals surface area contributed by atoms with Crippen LogP contribution in [0.5, 0.6) is 0 Å². The van der Waals surface area contributed by atoms with Crippen molar-refractivity contribution in [3.8, 4) is 0 Å². The lowest BCUT2D eigenvalue weighted by Gasteiger charge is -2.48. The minimum atomic E-state index is -0.654. The van der Waals surface area contributed by atoms with Crippen LogP contribution in [0.1, 0.15) is 50.7 Å². The average molecular weight is 293 g/mol. The van der Waals surface area contributed by atoms with E-state index in [1.165, 1.54) is 6.07 Å². The number of nitrogens with zero attached hydrogens (tertiary/aromatic N) is 1. The van der Waals surface area contributed by atoms with Crippen molar-refractivity contribution in [3.63, 3.8) is 0 Å². The Morgan fingerprint density at radius 3 is 2.86 bits per heavy atom. The molecule has 1 aromatic rings. The Labute approximate surface area is 125 Å². The van der Waals surface area contributed by atoms with Crippen molar-refractivity contribution in [2.45, 2.75) is 50.7 Å². The first kappa shape index (κ1) is 14.8. The molecule has 3 nitrogen and oxygen atoms in total. The van der Waals surface area contributed by atoms with Crippen molar-refractivity contribution in [1.29, 1.82) is 0 Å². The van der Waals surface area contributed by atoms with E-state index in [1.54, 1.807) is 19.1 Å². The largest absolute Gasteiger partial charge is 0.389 e. The molecule has 0 radical (unpaired) electrons. The SMILES string of the molecule is C[C@@H](O)c1ccc(N2CCC3(O)CCCCC3C2)c(F)c1. The predicted molar refractivity (Wildman–Crippen MR) is 80.8 cm³/mol. The Morgan fingerprint density at radius 1 is 1.33 bits per heavy atom. The molecule has 21 heavy (non-hydrogen) atoms. The van der Waals surface area contributed by atoms with E-state index in [2.05, 4.69) is 0 Å². The zero-order valence-corrected chi connectivity index (χ0v) is 12.6. The Kier molecular flexibility index (Phi) is 3.93. The molecule has 1 aliphatic heterocycles. The fourth-order valence-corrected chi connectivity index (χ4v) is 3.83. The van der Waals surface area contributed by atoms with Crippen molar-refractivity contribution in [2.75, 3.05) is 18.0 Å². The molecule has 0 bridgehead atoms. The maximum absolute atomic E-state index is 14.3. The van der Waals surface area contributed by atoms with Crippen molar-refractivity contribution in [2.24, 2.45) is 5.92 Å². The molecule has 4 heteroatoms. The summed E-state index contributed by atoms with van der Waals surface area (Å²) < 4.78 is 14.3. The van der Waals surface area contributed by atoms with Gasteiger partial charge in [-0.25, -0.2) is 4.39 Å². The van der Waals surface area contributed by atoms with Crippen molar-refractivity contribution in [1.82, 2.24) is 0 Å². The van der Waals surface area contributed by atoms with E-state index >= 15 is 0 Å². The van der Waals surface area contributed by atoms with Crippen molar-refractivity contribution >= 4 is 5.69 Å². The van der Waals surface area contributed by atoms with Gasteiger partial charge in [0.25, 0.3) is 0 Å². The number of hydrogen-bond acceptors (Lipinski definition) is 3. The summed E-state index contributed by atoms with van der Waals surface area (Å²) in [4.78, 5) is 2.05. The lowest BCUT2D eigenvalue weighted by atomic mass is 9.71. The molecule has 0 aromatic heterocycles. The van der Waals surface area contributed by atoms with Gasteiger partial charge in [-0.2, -0.15) is 0 Å². The monoisotopic (exact) mass is 293 g/mol. The summed E-state index contributed by atoms with van der Waals surface area (Å²) in [5, 5.41) is 20.2. The summed E-state index contributed by atoms with van der Waals surface area (Å²) in [6.45, 7) is 3.05. The Morgan fingerprint density at radius 2 is 2.14 bits per heavy atom. The molecule has 3 atom stereocenters. The van der Waals surface area contributed by atoms with Crippen LogP contribution in [0.3, 0.4) is 0 Å². The molecule has 1 aromatic carbocycles. The predicted octanol–water partition coefficient (Wildman–Crippen LogP) is 3.01. The third-order valence-corrected chi connectivity index (χ3v) is 5.22. The molecule has 1 heterocycles. The summed E-state index contributed by atoms with van der Waals surface area (Å²) >= 11 is 0. The van der Waals surface area contributed by atoms with E-state index in [9.17, 15) is 14.6 Å². The summed E-state index contributed by atoms with van der Waals surface area (Å²) in [6, 6.07) is 4.96. The molecule has 2 fully saturated rings. The van der Waals surface area contributed by atoms with Gasteiger partial charge < -0.3 is 15.1 Å². The summed E-state index contributed by atoms with van der Waals surface area (Å²) in [6.07, 6.45) is 4.23. The number of aliphatic hydroxyl groups excluding tert-OH is 1. The highest BCUT2D eigenvalue weighted by Gasteiger charge is 2.43. The lowest BCUT2D eigenvalue weighted by Crippen LogP contribution is -2.53. The molecule has 2 unspecified atom stereocenters. The fraction of sp³-hybridized carbons (Fsp3) is 0.647. The van der Waals surface area contributed by atoms with Crippen LogP contribution in [0.25, 0.3) is 0 Å². The maximum Gasteiger partial charge on any atom is 0.146 e. The van der Waals surface area contributed by atoms with Crippen molar-refractivity contribution < 1.29 is 14.6 Å².